The highest BCUT2D eigenvalue weighted by Crippen LogP contribution is 2.24. The number of carbonyl (C=O) groups excluding carboxylic acids is 1. The van der Waals surface area contributed by atoms with Crippen LogP contribution in [-0.4, -0.2) is 43.2 Å². The molecule has 0 aliphatic heterocycles. The average molecular weight is 527 g/mol. The largest absolute Gasteiger partial charge is 0.490 e. The molecule has 0 aliphatic carbocycles. The Morgan fingerprint density at radius 1 is 1.06 bits per heavy atom. The first-order valence-corrected chi connectivity index (χ1v) is 13.6. The Labute approximate surface area is 214 Å². The molecule has 0 spiro atoms. The predicted molar refractivity (Wildman–Crippen MR) is 138 cm³/mol. The Balaban J connectivity index is 1.51. The molecule has 1 N–H and O–H groups in total. The number of nitriles is 1. The van der Waals surface area contributed by atoms with Gasteiger partial charge in [-0.2, -0.15) is 14.6 Å². The van der Waals surface area contributed by atoms with E-state index in [1.165, 1.54) is 11.6 Å². The zero-order valence-electron chi connectivity index (χ0n) is 20.3. The summed E-state index contributed by atoms with van der Waals surface area (Å²) in [5.41, 5.74) is 1.76. The number of rotatable bonds is 9. The minimum atomic E-state index is -3.59. The van der Waals surface area contributed by atoms with E-state index >= 15 is 0 Å². The van der Waals surface area contributed by atoms with Crippen molar-refractivity contribution in [2.75, 3.05) is 24.8 Å². The van der Waals surface area contributed by atoms with Crippen LogP contribution in [0.25, 0.3) is 6.08 Å². The molecule has 0 unspecified atom stereocenters. The number of carbonyl (C=O) groups is 1. The molecule has 1 amide bonds. The van der Waals surface area contributed by atoms with Crippen LogP contribution in [0.1, 0.15) is 31.9 Å². The second-order valence-electron chi connectivity index (χ2n) is 8.82. The minimum absolute atomic E-state index is 0.0160. The summed E-state index contributed by atoms with van der Waals surface area (Å²) in [4.78, 5) is 16.1. The Hall–Kier alpha value is -3.75. The second-order valence-corrected chi connectivity index (χ2v) is 11.5. The van der Waals surface area contributed by atoms with Gasteiger partial charge in [0.15, 0.2) is 0 Å². The van der Waals surface area contributed by atoms with Crippen LogP contribution in [0, 0.1) is 11.3 Å². The third-order valence-electron chi connectivity index (χ3n) is 4.86. The monoisotopic (exact) mass is 526 g/mol. The minimum Gasteiger partial charge on any atom is -0.490 e. The lowest BCUT2D eigenvalue weighted by Gasteiger charge is -2.19. The molecule has 3 rings (SSSR count). The van der Waals surface area contributed by atoms with Crippen LogP contribution >= 0.6 is 11.5 Å². The van der Waals surface area contributed by atoms with Gasteiger partial charge in [0.1, 0.15) is 36.4 Å². The van der Waals surface area contributed by atoms with Crippen LogP contribution in [0.4, 0.5) is 5.13 Å². The molecule has 0 fully saturated rings. The number of sulfone groups is 1. The van der Waals surface area contributed by atoms with Gasteiger partial charge in [-0.25, -0.2) is 8.42 Å². The van der Waals surface area contributed by atoms with Crippen LogP contribution in [0.2, 0.25) is 0 Å². The van der Waals surface area contributed by atoms with Gasteiger partial charge in [0, 0.05) is 17.8 Å². The molecule has 1 heterocycles. The zero-order chi connectivity index (χ0) is 26.3. The molecule has 0 aliphatic rings. The molecule has 0 saturated carbocycles. The molecular formula is C25H26N4O5S2. The van der Waals surface area contributed by atoms with Gasteiger partial charge < -0.3 is 9.47 Å². The van der Waals surface area contributed by atoms with E-state index in [-0.39, 0.29) is 21.3 Å². The van der Waals surface area contributed by atoms with E-state index in [1.54, 1.807) is 24.3 Å². The second kappa shape index (κ2) is 11.3. The maximum absolute atomic E-state index is 12.4. The number of aromatic nitrogens is 2. The molecular weight excluding hydrogens is 500 g/mol. The first-order chi connectivity index (χ1) is 17.0. The average Bonchev–Trinajstić information content (AvgIpc) is 3.30. The number of ether oxygens (including phenoxy) is 2. The molecule has 0 bridgehead atoms. The van der Waals surface area contributed by atoms with Gasteiger partial charge in [-0.1, -0.05) is 45.0 Å². The van der Waals surface area contributed by atoms with Gasteiger partial charge in [-0.15, -0.1) is 0 Å². The molecule has 188 valence electrons. The van der Waals surface area contributed by atoms with Gasteiger partial charge in [0.2, 0.25) is 15.0 Å². The highest BCUT2D eigenvalue weighted by atomic mass is 32.2. The van der Waals surface area contributed by atoms with Crippen LogP contribution < -0.4 is 14.8 Å². The van der Waals surface area contributed by atoms with Gasteiger partial charge in [-0.05, 0) is 46.9 Å². The SMILES string of the molecule is CC(C)(C)c1ccc(OCCOc2ccc(C=C(C#N)C(=O)Nc3nc(S(C)(=O)=O)ns3)cc2)cc1. The molecule has 1 aromatic heterocycles. The van der Waals surface area contributed by atoms with E-state index in [4.69, 9.17) is 9.47 Å². The number of hydrogen-bond acceptors (Lipinski definition) is 9. The number of hydrogen-bond donors (Lipinski definition) is 1. The third-order valence-corrected chi connectivity index (χ3v) is 6.45. The summed E-state index contributed by atoms with van der Waals surface area (Å²) in [5.74, 6) is 0.668. The highest BCUT2D eigenvalue weighted by Gasteiger charge is 2.17. The first-order valence-electron chi connectivity index (χ1n) is 10.9. The van der Waals surface area contributed by atoms with Crippen molar-refractivity contribution < 1.29 is 22.7 Å². The van der Waals surface area contributed by atoms with E-state index in [0.29, 0.717) is 36.1 Å². The normalized spacial score (nSPS) is 12.0. The first kappa shape index (κ1) is 26.8. The van der Waals surface area contributed by atoms with Crippen molar-refractivity contribution in [1.82, 2.24) is 9.36 Å². The van der Waals surface area contributed by atoms with E-state index in [0.717, 1.165) is 12.0 Å². The summed E-state index contributed by atoms with van der Waals surface area (Å²) in [7, 11) is -3.59. The summed E-state index contributed by atoms with van der Waals surface area (Å²) < 4.78 is 38.0. The van der Waals surface area contributed by atoms with Gasteiger partial charge >= 0.3 is 0 Å². The van der Waals surface area contributed by atoms with Crippen molar-refractivity contribution in [2.45, 2.75) is 31.3 Å². The molecule has 0 atom stereocenters. The third kappa shape index (κ3) is 7.63. The van der Waals surface area contributed by atoms with Crippen molar-refractivity contribution in [3.63, 3.8) is 0 Å². The zero-order valence-corrected chi connectivity index (χ0v) is 21.9. The lowest BCUT2D eigenvalue weighted by Crippen LogP contribution is -2.13. The maximum Gasteiger partial charge on any atom is 0.268 e. The molecule has 0 saturated heterocycles. The topological polar surface area (TPSA) is 131 Å². The fraction of sp³-hybridized carbons (Fsp3) is 0.280. The number of nitrogens with zero attached hydrogens (tertiary/aromatic N) is 3. The maximum atomic E-state index is 12.4. The Morgan fingerprint density at radius 2 is 1.61 bits per heavy atom. The van der Waals surface area contributed by atoms with Crippen molar-refractivity contribution in [1.29, 1.82) is 5.26 Å². The number of anilines is 1. The lowest BCUT2D eigenvalue weighted by molar-refractivity contribution is -0.112. The van der Waals surface area contributed by atoms with Gasteiger partial charge in [0.05, 0.1) is 0 Å². The standard InChI is InChI=1S/C25H26N4O5S2/c1-25(2,3)19-7-11-21(12-8-19)34-14-13-33-20-9-5-17(6-10-20)15-18(16-26)22(30)27-23-28-24(29-35-23)36(4,31)32/h5-12,15H,13-14H2,1-4H3,(H,27,28,29,30). The van der Waals surface area contributed by atoms with Crippen LogP contribution in [0.15, 0.2) is 59.3 Å². The van der Waals surface area contributed by atoms with Gasteiger partial charge in [-0.3, -0.25) is 10.1 Å². The smallest absolute Gasteiger partial charge is 0.268 e. The summed E-state index contributed by atoms with van der Waals surface area (Å²) >= 11 is 0.715. The molecule has 3 aromatic rings. The Bertz CT molecular complexity index is 1380. The molecule has 2 aromatic carbocycles. The summed E-state index contributed by atoms with van der Waals surface area (Å²) in [5, 5.41) is 11.4. The number of amides is 1. The summed E-state index contributed by atoms with van der Waals surface area (Å²) in [6.45, 7) is 7.20. The fourth-order valence-corrected chi connectivity index (χ4v) is 4.36. The molecule has 36 heavy (non-hydrogen) atoms. The fourth-order valence-electron chi connectivity index (χ4n) is 2.92. The molecule has 9 nitrogen and oxygen atoms in total. The van der Waals surface area contributed by atoms with Crippen LogP contribution in [-0.2, 0) is 20.0 Å². The Kier molecular flexibility index (Phi) is 8.45. The van der Waals surface area contributed by atoms with Gasteiger partial charge in [0.25, 0.3) is 11.1 Å². The van der Waals surface area contributed by atoms with Crippen LogP contribution in [0.3, 0.4) is 0 Å². The summed E-state index contributed by atoms with van der Waals surface area (Å²) in [6, 6.07) is 16.7. The quantitative estimate of drug-likeness (QED) is 0.249. The Morgan fingerprint density at radius 3 is 2.08 bits per heavy atom. The van der Waals surface area contributed by atoms with Crippen LogP contribution in [0.5, 0.6) is 11.5 Å². The van der Waals surface area contributed by atoms with E-state index in [1.807, 2.05) is 18.2 Å². The van der Waals surface area contributed by atoms with Crippen molar-refractivity contribution in [3.05, 3.63) is 65.2 Å². The molecule has 11 heteroatoms. The van der Waals surface area contributed by atoms with Crippen molar-refractivity contribution in [2.24, 2.45) is 0 Å². The van der Waals surface area contributed by atoms with E-state index in [2.05, 4.69) is 47.6 Å². The van der Waals surface area contributed by atoms with Crippen molar-refractivity contribution in [3.8, 4) is 17.6 Å². The van der Waals surface area contributed by atoms with E-state index < -0.39 is 15.7 Å². The predicted octanol–water partition coefficient (Wildman–Crippen LogP) is 4.24. The number of benzene rings is 2. The number of nitrogens with one attached hydrogen (secondary N) is 1. The van der Waals surface area contributed by atoms with Crippen molar-refractivity contribution >= 4 is 38.5 Å². The molecule has 0 radical (unpaired) electrons. The van der Waals surface area contributed by atoms with E-state index in [9.17, 15) is 18.5 Å². The lowest BCUT2D eigenvalue weighted by atomic mass is 9.87. The highest BCUT2D eigenvalue weighted by molar-refractivity contribution is 7.90. The summed E-state index contributed by atoms with van der Waals surface area (Å²) in [6.07, 6.45) is 2.37.